The van der Waals surface area contributed by atoms with Crippen molar-refractivity contribution in [1.82, 2.24) is 5.32 Å². The number of hydrogen-bond donors (Lipinski definition) is 2. The monoisotopic (exact) mass is 357 g/mol. The highest BCUT2D eigenvalue weighted by Gasteiger charge is 2.09. The molecule has 0 heterocycles. The topological polar surface area (TPSA) is 64.2 Å². The fourth-order valence-corrected chi connectivity index (χ4v) is 2.66. The van der Waals surface area contributed by atoms with Gasteiger partial charge in [-0.05, 0) is 37.5 Å². The van der Waals surface area contributed by atoms with Crippen LogP contribution in [-0.4, -0.2) is 38.8 Å². The van der Waals surface area contributed by atoms with E-state index < -0.39 is 0 Å². The second-order valence-electron chi connectivity index (χ2n) is 6.27. The van der Waals surface area contributed by atoms with E-state index in [-0.39, 0.29) is 11.9 Å². The van der Waals surface area contributed by atoms with E-state index in [0.717, 1.165) is 24.3 Å². The molecule has 0 spiro atoms. The lowest BCUT2D eigenvalue weighted by Gasteiger charge is -2.13. The van der Waals surface area contributed by atoms with Crippen LogP contribution < -0.4 is 20.1 Å². The van der Waals surface area contributed by atoms with Crippen LogP contribution in [0.1, 0.15) is 18.9 Å². The molecule has 0 bridgehead atoms. The van der Waals surface area contributed by atoms with Crippen LogP contribution in [0.15, 0.2) is 54.6 Å². The normalized spacial score (nSPS) is 11.6. The Morgan fingerprint density at radius 2 is 1.77 bits per heavy atom. The molecule has 0 aliphatic rings. The lowest BCUT2D eigenvalue weighted by atomic mass is 10.1. The highest BCUT2D eigenvalue weighted by Crippen LogP contribution is 2.25. The molecule has 0 unspecified atom stereocenters. The number of methoxy groups -OCH3 is 1. The number of quaternary nitrogens is 1. The van der Waals surface area contributed by atoms with E-state index in [1.54, 1.807) is 7.11 Å². The van der Waals surface area contributed by atoms with E-state index in [0.29, 0.717) is 19.7 Å². The van der Waals surface area contributed by atoms with Gasteiger partial charge in [0, 0.05) is 6.04 Å². The van der Waals surface area contributed by atoms with Crippen molar-refractivity contribution in [2.45, 2.75) is 25.8 Å². The van der Waals surface area contributed by atoms with E-state index in [4.69, 9.17) is 9.47 Å². The smallest absolute Gasteiger partial charge is 0.275 e. The van der Waals surface area contributed by atoms with E-state index in [2.05, 4.69) is 17.4 Å². The van der Waals surface area contributed by atoms with E-state index in [9.17, 15) is 4.79 Å². The summed E-state index contributed by atoms with van der Waals surface area (Å²) in [6.45, 7) is 3.69. The molecule has 5 nitrogen and oxygen atoms in total. The number of carbonyl (C=O) groups is 1. The van der Waals surface area contributed by atoms with Gasteiger partial charge in [-0.3, -0.25) is 4.79 Å². The standard InChI is InChI=1S/C21H28N2O3/c1-17(12-13-18-8-4-3-5-9-18)23-21(24)16-22-14-15-26-20-11-7-6-10-19(20)25-2/h3-11,17,22H,12-16H2,1-2H3,(H,23,24)/p+1/t17-/m0/s1. The average Bonchev–Trinajstić information content (AvgIpc) is 2.67. The number of para-hydroxylation sites is 2. The molecule has 0 radical (unpaired) electrons. The van der Waals surface area contributed by atoms with Crippen LogP contribution in [0.2, 0.25) is 0 Å². The van der Waals surface area contributed by atoms with Crippen molar-refractivity contribution in [3.63, 3.8) is 0 Å². The first-order chi connectivity index (χ1) is 12.7. The number of rotatable bonds is 11. The third-order valence-corrected chi connectivity index (χ3v) is 4.09. The van der Waals surface area contributed by atoms with Crippen molar-refractivity contribution in [3.05, 3.63) is 60.2 Å². The Morgan fingerprint density at radius 3 is 2.50 bits per heavy atom. The van der Waals surface area contributed by atoms with E-state index in [1.165, 1.54) is 5.56 Å². The minimum absolute atomic E-state index is 0.0582. The summed E-state index contributed by atoms with van der Waals surface area (Å²) < 4.78 is 10.9. The summed E-state index contributed by atoms with van der Waals surface area (Å²) in [5.41, 5.74) is 1.30. The van der Waals surface area contributed by atoms with Gasteiger partial charge in [-0.25, -0.2) is 0 Å². The molecule has 26 heavy (non-hydrogen) atoms. The number of nitrogens with two attached hydrogens (primary N) is 1. The maximum atomic E-state index is 12.0. The number of carbonyl (C=O) groups excluding carboxylic acids is 1. The van der Waals surface area contributed by atoms with Gasteiger partial charge in [0.2, 0.25) is 0 Å². The molecule has 140 valence electrons. The fourth-order valence-electron chi connectivity index (χ4n) is 2.66. The second-order valence-corrected chi connectivity index (χ2v) is 6.27. The number of aryl methyl sites for hydroxylation is 1. The largest absolute Gasteiger partial charge is 0.493 e. The van der Waals surface area contributed by atoms with Gasteiger partial charge in [0.15, 0.2) is 18.0 Å². The molecule has 5 heteroatoms. The van der Waals surface area contributed by atoms with Gasteiger partial charge in [0.05, 0.1) is 7.11 Å². The number of benzene rings is 2. The van der Waals surface area contributed by atoms with E-state index in [1.807, 2.05) is 54.7 Å². The zero-order valence-electron chi connectivity index (χ0n) is 15.6. The first-order valence-electron chi connectivity index (χ1n) is 9.10. The Kier molecular flexibility index (Phi) is 8.49. The van der Waals surface area contributed by atoms with Gasteiger partial charge in [-0.15, -0.1) is 0 Å². The molecule has 0 aliphatic carbocycles. The fraction of sp³-hybridized carbons (Fsp3) is 0.381. The molecule has 0 aliphatic heterocycles. The summed E-state index contributed by atoms with van der Waals surface area (Å²) in [5.74, 6) is 1.50. The molecule has 3 N–H and O–H groups in total. The Hall–Kier alpha value is -2.53. The van der Waals surface area contributed by atoms with Gasteiger partial charge >= 0.3 is 0 Å². The maximum Gasteiger partial charge on any atom is 0.275 e. The second kappa shape index (κ2) is 11.2. The van der Waals surface area contributed by atoms with Crippen LogP contribution in [0.4, 0.5) is 0 Å². The van der Waals surface area contributed by atoms with Crippen molar-refractivity contribution in [2.24, 2.45) is 0 Å². The molecule has 0 fully saturated rings. The van der Waals surface area contributed by atoms with Gasteiger partial charge in [0.1, 0.15) is 13.2 Å². The van der Waals surface area contributed by atoms with Crippen LogP contribution in [0, 0.1) is 0 Å². The van der Waals surface area contributed by atoms with Crippen molar-refractivity contribution in [3.8, 4) is 11.5 Å². The molecule has 0 aromatic heterocycles. The molecule has 0 saturated heterocycles. The molecular weight excluding hydrogens is 328 g/mol. The lowest BCUT2D eigenvalue weighted by molar-refractivity contribution is -0.644. The van der Waals surface area contributed by atoms with Gasteiger partial charge in [-0.1, -0.05) is 42.5 Å². The summed E-state index contributed by atoms with van der Waals surface area (Å²) in [4.78, 5) is 12.0. The minimum Gasteiger partial charge on any atom is -0.493 e. The molecule has 1 amide bonds. The molecule has 2 aromatic carbocycles. The number of nitrogens with one attached hydrogen (secondary N) is 1. The van der Waals surface area contributed by atoms with Crippen molar-refractivity contribution < 1.29 is 19.6 Å². The summed E-state index contributed by atoms with van der Waals surface area (Å²) in [6.07, 6.45) is 1.91. The highest BCUT2D eigenvalue weighted by atomic mass is 16.5. The Morgan fingerprint density at radius 1 is 1.08 bits per heavy atom. The Bertz CT molecular complexity index is 661. The Labute approximate surface area is 155 Å². The van der Waals surface area contributed by atoms with Gasteiger partial charge in [-0.2, -0.15) is 0 Å². The van der Waals surface area contributed by atoms with Crippen molar-refractivity contribution in [2.75, 3.05) is 26.8 Å². The minimum atomic E-state index is 0.0582. The van der Waals surface area contributed by atoms with Crippen LogP contribution in [0.5, 0.6) is 11.5 Å². The number of ether oxygens (including phenoxy) is 2. The van der Waals surface area contributed by atoms with Crippen LogP contribution in [0.25, 0.3) is 0 Å². The number of amides is 1. The summed E-state index contributed by atoms with van der Waals surface area (Å²) in [7, 11) is 1.62. The number of hydrogen-bond acceptors (Lipinski definition) is 3. The van der Waals surface area contributed by atoms with Crippen LogP contribution in [0.3, 0.4) is 0 Å². The third-order valence-electron chi connectivity index (χ3n) is 4.09. The molecule has 2 rings (SSSR count). The van der Waals surface area contributed by atoms with E-state index >= 15 is 0 Å². The first kappa shape index (κ1) is 19.8. The lowest BCUT2D eigenvalue weighted by Crippen LogP contribution is -2.87. The first-order valence-corrected chi connectivity index (χ1v) is 9.10. The predicted molar refractivity (Wildman–Crippen MR) is 103 cm³/mol. The molecule has 0 saturated carbocycles. The zero-order valence-corrected chi connectivity index (χ0v) is 15.6. The van der Waals surface area contributed by atoms with Gasteiger partial charge < -0.3 is 20.1 Å². The average molecular weight is 357 g/mol. The Balaban J connectivity index is 1.57. The summed E-state index contributed by atoms with van der Waals surface area (Å²) >= 11 is 0. The van der Waals surface area contributed by atoms with Crippen molar-refractivity contribution >= 4 is 5.91 Å². The third kappa shape index (κ3) is 7.15. The molecular formula is C21H29N2O3+. The van der Waals surface area contributed by atoms with Crippen LogP contribution in [-0.2, 0) is 11.2 Å². The molecule has 1 atom stereocenters. The van der Waals surface area contributed by atoms with Crippen molar-refractivity contribution in [1.29, 1.82) is 0 Å². The van der Waals surface area contributed by atoms with Gasteiger partial charge in [0.25, 0.3) is 5.91 Å². The van der Waals surface area contributed by atoms with Crippen LogP contribution >= 0.6 is 0 Å². The summed E-state index contributed by atoms with van der Waals surface area (Å²) in [5, 5.41) is 5.00. The summed E-state index contributed by atoms with van der Waals surface area (Å²) in [6, 6.07) is 18.1. The quantitative estimate of drug-likeness (QED) is 0.603. The highest BCUT2D eigenvalue weighted by molar-refractivity contribution is 5.76. The zero-order chi connectivity index (χ0) is 18.6. The predicted octanol–water partition coefficient (Wildman–Crippen LogP) is 1.77. The molecule has 2 aromatic rings. The maximum absolute atomic E-state index is 12.0. The SMILES string of the molecule is COc1ccccc1OCC[NH2+]CC(=O)N[C@@H](C)CCc1ccccc1.